The SMILES string of the molecule is C=Cc1ccc(COC2CCCCC2Oc2ccc(S)cc2)cc1. The molecule has 0 aromatic heterocycles. The van der Waals surface area contributed by atoms with E-state index in [2.05, 4.69) is 43.5 Å². The maximum absolute atomic E-state index is 6.19. The second-order valence-corrected chi connectivity index (χ2v) is 6.75. The van der Waals surface area contributed by atoms with Gasteiger partial charge in [-0.15, -0.1) is 12.6 Å². The van der Waals surface area contributed by atoms with Gasteiger partial charge >= 0.3 is 0 Å². The predicted octanol–water partition coefficient (Wildman–Crippen LogP) is 5.53. The fourth-order valence-electron chi connectivity index (χ4n) is 3.04. The molecule has 0 N–H and O–H groups in total. The Labute approximate surface area is 149 Å². The van der Waals surface area contributed by atoms with E-state index in [1.54, 1.807) is 0 Å². The quantitative estimate of drug-likeness (QED) is 0.698. The van der Waals surface area contributed by atoms with Crippen molar-refractivity contribution in [1.29, 1.82) is 0 Å². The second-order valence-electron chi connectivity index (χ2n) is 6.23. The van der Waals surface area contributed by atoms with E-state index in [0.717, 1.165) is 29.1 Å². The van der Waals surface area contributed by atoms with Gasteiger partial charge in [0, 0.05) is 4.90 Å². The average molecular weight is 340 g/mol. The molecule has 0 spiro atoms. The topological polar surface area (TPSA) is 18.5 Å². The van der Waals surface area contributed by atoms with Crippen LogP contribution in [0.15, 0.2) is 60.0 Å². The normalized spacial score (nSPS) is 20.5. The first-order valence-electron chi connectivity index (χ1n) is 8.53. The number of hydrogen-bond donors (Lipinski definition) is 1. The molecule has 2 unspecified atom stereocenters. The van der Waals surface area contributed by atoms with E-state index in [4.69, 9.17) is 9.47 Å². The summed E-state index contributed by atoms with van der Waals surface area (Å²) < 4.78 is 12.4. The van der Waals surface area contributed by atoms with E-state index < -0.39 is 0 Å². The molecule has 0 saturated heterocycles. The van der Waals surface area contributed by atoms with Crippen molar-refractivity contribution in [3.05, 3.63) is 66.2 Å². The fourth-order valence-corrected chi connectivity index (χ4v) is 3.19. The predicted molar refractivity (Wildman–Crippen MR) is 102 cm³/mol. The van der Waals surface area contributed by atoms with E-state index in [9.17, 15) is 0 Å². The Morgan fingerprint density at radius 2 is 1.62 bits per heavy atom. The first-order chi connectivity index (χ1) is 11.7. The van der Waals surface area contributed by atoms with Gasteiger partial charge in [-0.25, -0.2) is 0 Å². The molecule has 0 heterocycles. The third kappa shape index (κ3) is 4.65. The Morgan fingerprint density at radius 1 is 0.958 bits per heavy atom. The van der Waals surface area contributed by atoms with Gasteiger partial charge in [-0.2, -0.15) is 0 Å². The lowest BCUT2D eigenvalue weighted by molar-refractivity contribution is -0.0554. The number of ether oxygens (including phenoxy) is 2. The van der Waals surface area contributed by atoms with Crippen LogP contribution in [-0.2, 0) is 11.3 Å². The van der Waals surface area contributed by atoms with Gasteiger partial charge in [-0.3, -0.25) is 0 Å². The molecule has 0 amide bonds. The molecule has 2 aromatic rings. The van der Waals surface area contributed by atoms with E-state index in [-0.39, 0.29) is 12.2 Å². The summed E-state index contributed by atoms with van der Waals surface area (Å²) in [6.07, 6.45) is 6.62. The van der Waals surface area contributed by atoms with Crippen LogP contribution in [0.1, 0.15) is 36.8 Å². The molecule has 1 aliphatic carbocycles. The van der Waals surface area contributed by atoms with Crippen LogP contribution < -0.4 is 4.74 Å². The minimum Gasteiger partial charge on any atom is -0.488 e. The summed E-state index contributed by atoms with van der Waals surface area (Å²) in [4.78, 5) is 0.946. The summed E-state index contributed by atoms with van der Waals surface area (Å²) in [7, 11) is 0. The Morgan fingerprint density at radius 3 is 2.29 bits per heavy atom. The Bertz CT molecular complexity index is 649. The van der Waals surface area contributed by atoms with Gasteiger partial charge in [-0.1, -0.05) is 43.3 Å². The van der Waals surface area contributed by atoms with Gasteiger partial charge in [0.15, 0.2) is 0 Å². The zero-order valence-corrected chi connectivity index (χ0v) is 14.8. The minimum atomic E-state index is 0.122. The molecule has 0 bridgehead atoms. The lowest BCUT2D eigenvalue weighted by Gasteiger charge is -2.32. The van der Waals surface area contributed by atoms with Crippen molar-refractivity contribution < 1.29 is 9.47 Å². The molecule has 2 atom stereocenters. The van der Waals surface area contributed by atoms with E-state index in [1.807, 2.05) is 30.3 Å². The molecular formula is C21H24O2S. The molecule has 3 heteroatoms. The van der Waals surface area contributed by atoms with Crippen molar-refractivity contribution in [3.8, 4) is 5.75 Å². The number of thiol groups is 1. The van der Waals surface area contributed by atoms with Crippen LogP contribution in [0.5, 0.6) is 5.75 Å². The van der Waals surface area contributed by atoms with Crippen LogP contribution in [0, 0.1) is 0 Å². The molecule has 2 aromatic carbocycles. The molecule has 0 aliphatic heterocycles. The van der Waals surface area contributed by atoms with Crippen molar-refractivity contribution in [2.24, 2.45) is 0 Å². The third-order valence-corrected chi connectivity index (χ3v) is 4.74. The summed E-state index contributed by atoms with van der Waals surface area (Å²) in [5.74, 6) is 0.892. The monoisotopic (exact) mass is 340 g/mol. The van der Waals surface area contributed by atoms with Crippen LogP contribution in [0.2, 0.25) is 0 Å². The fraction of sp³-hybridized carbons (Fsp3) is 0.333. The molecule has 126 valence electrons. The first kappa shape index (κ1) is 17.1. The highest BCUT2D eigenvalue weighted by molar-refractivity contribution is 7.80. The Kier molecular flexibility index (Phi) is 6.00. The van der Waals surface area contributed by atoms with Gasteiger partial charge in [0.25, 0.3) is 0 Å². The molecule has 1 aliphatic rings. The van der Waals surface area contributed by atoms with Crippen LogP contribution >= 0.6 is 12.6 Å². The van der Waals surface area contributed by atoms with Gasteiger partial charge in [-0.05, 0) is 54.7 Å². The molecular weight excluding hydrogens is 316 g/mol. The maximum Gasteiger partial charge on any atom is 0.125 e. The summed E-state index contributed by atoms with van der Waals surface area (Å²) in [5.41, 5.74) is 2.31. The first-order valence-corrected chi connectivity index (χ1v) is 8.98. The lowest BCUT2D eigenvalue weighted by Crippen LogP contribution is -2.36. The minimum absolute atomic E-state index is 0.122. The largest absolute Gasteiger partial charge is 0.488 e. The van der Waals surface area contributed by atoms with Crippen LogP contribution in [-0.4, -0.2) is 12.2 Å². The molecule has 0 radical (unpaired) electrons. The Balaban J connectivity index is 1.59. The van der Waals surface area contributed by atoms with Crippen molar-refractivity contribution >= 4 is 18.7 Å². The summed E-state index contributed by atoms with van der Waals surface area (Å²) >= 11 is 4.32. The van der Waals surface area contributed by atoms with E-state index in [0.29, 0.717) is 6.61 Å². The summed E-state index contributed by atoms with van der Waals surface area (Å²) in [6.45, 7) is 4.41. The van der Waals surface area contributed by atoms with E-state index in [1.165, 1.54) is 18.4 Å². The van der Waals surface area contributed by atoms with Gasteiger partial charge < -0.3 is 9.47 Å². The van der Waals surface area contributed by atoms with E-state index >= 15 is 0 Å². The van der Waals surface area contributed by atoms with Crippen molar-refractivity contribution in [2.45, 2.75) is 49.4 Å². The Hall–Kier alpha value is -1.71. The van der Waals surface area contributed by atoms with Crippen molar-refractivity contribution in [2.75, 3.05) is 0 Å². The average Bonchev–Trinajstić information content (AvgIpc) is 2.63. The zero-order chi connectivity index (χ0) is 16.8. The van der Waals surface area contributed by atoms with Crippen LogP contribution in [0.3, 0.4) is 0 Å². The smallest absolute Gasteiger partial charge is 0.125 e. The highest BCUT2D eigenvalue weighted by Gasteiger charge is 2.27. The summed E-state index contributed by atoms with van der Waals surface area (Å²) in [6, 6.07) is 16.2. The molecule has 3 rings (SSSR count). The zero-order valence-electron chi connectivity index (χ0n) is 13.9. The van der Waals surface area contributed by atoms with Crippen molar-refractivity contribution in [3.63, 3.8) is 0 Å². The lowest BCUT2D eigenvalue weighted by atomic mass is 9.94. The highest BCUT2D eigenvalue weighted by atomic mass is 32.1. The number of rotatable bonds is 6. The third-order valence-electron chi connectivity index (χ3n) is 4.45. The van der Waals surface area contributed by atoms with Gasteiger partial charge in [0.1, 0.15) is 11.9 Å². The highest BCUT2D eigenvalue weighted by Crippen LogP contribution is 2.27. The number of hydrogen-bond acceptors (Lipinski definition) is 3. The van der Waals surface area contributed by atoms with Gasteiger partial charge in [0.2, 0.25) is 0 Å². The second kappa shape index (κ2) is 8.41. The van der Waals surface area contributed by atoms with Crippen molar-refractivity contribution in [1.82, 2.24) is 0 Å². The van der Waals surface area contributed by atoms with Gasteiger partial charge in [0.05, 0.1) is 12.7 Å². The molecule has 24 heavy (non-hydrogen) atoms. The molecule has 2 nitrogen and oxygen atoms in total. The molecule has 1 saturated carbocycles. The molecule has 1 fully saturated rings. The van der Waals surface area contributed by atoms with Crippen LogP contribution in [0.4, 0.5) is 0 Å². The number of benzene rings is 2. The summed E-state index contributed by atoms with van der Waals surface area (Å²) in [5, 5.41) is 0. The maximum atomic E-state index is 6.19. The van der Waals surface area contributed by atoms with Crippen LogP contribution in [0.25, 0.3) is 6.08 Å². The standard InChI is InChI=1S/C21H24O2S/c1-2-16-7-9-17(10-8-16)15-22-20-5-3-4-6-21(20)23-18-11-13-19(24)14-12-18/h2,7-14,20-21,24H,1,3-6,15H2.